The van der Waals surface area contributed by atoms with Crippen LogP contribution in [0, 0.1) is 6.92 Å². The van der Waals surface area contributed by atoms with Gasteiger partial charge in [0.2, 0.25) is 0 Å². The summed E-state index contributed by atoms with van der Waals surface area (Å²) in [5.41, 5.74) is 1.99. The number of hydrogen-bond donors (Lipinski definition) is 1. The van der Waals surface area contributed by atoms with Crippen LogP contribution in [0.1, 0.15) is 30.9 Å². The summed E-state index contributed by atoms with van der Waals surface area (Å²) in [6.07, 6.45) is 1.49. The fraction of sp³-hybridized carbons (Fsp3) is 0.480. The molecule has 1 N–H and O–H groups in total. The lowest BCUT2D eigenvalue weighted by Crippen LogP contribution is -2.38. The molecule has 0 aliphatic carbocycles. The number of nitrogens with one attached hydrogen (secondary N) is 1. The second-order valence-corrected chi connectivity index (χ2v) is 8.64. The lowest BCUT2D eigenvalue weighted by atomic mass is 10.1. The van der Waals surface area contributed by atoms with Crippen LogP contribution in [0.25, 0.3) is 0 Å². The van der Waals surface area contributed by atoms with Crippen LogP contribution < -0.4 is 14.8 Å². The van der Waals surface area contributed by atoms with E-state index in [2.05, 4.69) is 17.3 Å². The molecular weight excluding hydrogens is 428 g/mol. The number of benzene rings is 2. The summed E-state index contributed by atoms with van der Waals surface area (Å²) in [7, 11) is 2.14. The third kappa shape index (κ3) is 7.40. The molecule has 0 bridgehead atoms. The number of likely N-dealkylation sites (N-methyl/N-ethyl adjacent to an activating group) is 1. The van der Waals surface area contributed by atoms with Gasteiger partial charge >= 0.3 is 0 Å². The molecule has 6 nitrogen and oxygen atoms in total. The van der Waals surface area contributed by atoms with Crippen LogP contribution in [0.5, 0.6) is 11.5 Å². The highest BCUT2D eigenvalue weighted by Gasteiger charge is 2.18. The Labute approximate surface area is 195 Å². The van der Waals surface area contributed by atoms with Crippen LogP contribution in [-0.4, -0.2) is 56.4 Å². The van der Waals surface area contributed by atoms with Crippen molar-refractivity contribution in [2.45, 2.75) is 45.4 Å². The monoisotopic (exact) mass is 460 g/mol. The number of amides is 1. The highest BCUT2D eigenvalue weighted by Crippen LogP contribution is 2.26. The first-order chi connectivity index (χ1) is 15.4. The van der Waals surface area contributed by atoms with E-state index >= 15 is 0 Å². The van der Waals surface area contributed by atoms with Crippen molar-refractivity contribution < 1.29 is 19.0 Å². The summed E-state index contributed by atoms with van der Waals surface area (Å²) < 4.78 is 17.1. The predicted octanol–water partition coefficient (Wildman–Crippen LogP) is 4.22. The Morgan fingerprint density at radius 3 is 2.81 bits per heavy atom. The summed E-state index contributed by atoms with van der Waals surface area (Å²) in [5.74, 6) is 1.11. The Bertz CT molecular complexity index is 886. The van der Waals surface area contributed by atoms with Crippen LogP contribution in [0.4, 0.5) is 0 Å². The van der Waals surface area contributed by atoms with Crippen molar-refractivity contribution in [3.8, 4) is 11.5 Å². The van der Waals surface area contributed by atoms with Gasteiger partial charge in [0, 0.05) is 32.3 Å². The minimum Gasteiger partial charge on any atom is -0.492 e. The first-order valence-electron chi connectivity index (χ1n) is 11.1. The number of carbonyl (C=O) groups excluding carboxylic acids is 1. The fourth-order valence-corrected chi connectivity index (χ4v) is 3.80. The van der Waals surface area contributed by atoms with Crippen LogP contribution >= 0.6 is 11.6 Å². The predicted molar refractivity (Wildman–Crippen MR) is 127 cm³/mol. The molecule has 1 atom stereocenters. The van der Waals surface area contributed by atoms with Gasteiger partial charge in [-0.2, -0.15) is 0 Å². The normalized spacial score (nSPS) is 15.4. The van der Waals surface area contributed by atoms with Gasteiger partial charge in [0.1, 0.15) is 18.1 Å². The SMILES string of the molecule is Cc1ccc(Cl)c(OC(C)C(=O)NCc2cccc(OCCN(C)C3CCOCC3)c2)c1. The zero-order valence-corrected chi connectivity index (χ0v) is 19.9. The van der Waals surface area contributed by atoms with Gasteiger partial charge in [-0.15, -0.1) is 0 Å². The molecule has 3 rings (SSSR count). The maximum atomic E-state index is 12.5. The molecule has 0 radical (unpaired) electrons. The standard InChI is InChI=1S/C25H33ClN2O4/c1-18-7-8-23(26)24(15-18)32-19(2)25(29)27-17-20-5-4-6-22(16-20)31-14-11-28(3)21-9-12-30-13-10-21/h4-8,15-16,19,21H,9-14,17H2,1-3H3,(H,27,29). The smallest absolute Gasteiger partial charge is 0.261 e. The highest BCUT2D eigenvalue weighted by atomic mass is 35.5. The number of halogens is 1. The van der Waals surface area contributed by atoms with E-state index in [9.17, 15) is 4.79 Å². The summed E-state index contributed by atoms with van der Waals surface area (Å²) in [4.78, 5) is 14.8. The van der Waals surface area contributed by atoms with E-state index in [0.717, 1.165) is 49.5 Å². The van der Waals surface area contributed by atoms with Gasteiger partial charge in [-0.1, -0.05) is 29.8 Å². The molecule has 7 heteroatoms. The zero-order valence-electron chi connectivity index (χ0n) is 19.1. The Kier molecular flexibility index (Phi) is 9.21. The quantitative estimate of drug-likeness (QED) is 0.575. The summed E-state index contributed by atoms with van der Waals surface area (Å²) in [6.45, 7) is 7.21. The van der Waals surface area contributed by atoms with Crippen molar-refractivity contribution in [1.82, 2.24) is 10.2 Å². The summed E-state index contributed by atoms with van der Waals surface area (Å²) >= 11 is 6.16. The molecule has 1 saturated heterocycles. The van der Waals surface area contributed by atoms with E-state index in [-0.39, 0.29) is 5.91 Å². The van der Waals surface area contributed by atoms with Crippen molar-refractivity contribution >= 4 is 17.5 Å². The van der Waals surface area contributed by atoms with Gasteiger partial charge in [-0.05, 0) is 69.1 Å². The largest absolute Gasteiger partial charge is 0.492 e. The first kappa shape index (κ1) is 24.4. The van der Waals surface area contributed by atoms with Crippen LogP contribution in [0.3, 0.4) is 0 Å². The van der Waals surface area contributed by atoms with E-state index in [1.165, 1.54) is 0 Å². The molecule has 1 amide bonds. The molecule has 2 aromatic rings. The van der Waals surface area contributed by atoms with Gasteiger partial charge in [0.15, 0.2) is 6.10 Å². The molecule has 0 saturated carbocycles. The van der Waals surface area contributed by atoms with Crippen molar-refractivity contribution in [3.05, 3.63) is 58.6 Å². The molecule has 1 unspecified atom stereocenters. The molecule has 0 aromatic heterocycles. The van der Waals surface area contributed by atoms with E-state index in [0.29, 0.717) is 30.0 Å². The van der Waals surface area contributed by atoms with Crippen molar-refractivity contribution in [1.29, 1.82) is 0 Å². The van der Waals surface area contributed by atoms with Gasteiger partial charge in [-0.3, -0.25) is 9.69 Å². The Hall–Kier alpha value is -2.28. The Morgan fingerprint density at radius 2 is 2.03 bits per heavy atom. The van der Waals surface area contributed by atoms with Gasteiger partial charge < -0.3 is 19.5 Å². The second-order valence-electron chi connectivity index (χ2n) is 8.23. The number of ether oxygens (including phenoxy) is 3. The minimum absolute atomic E-state index is 0.202. The van der Waals surface area contributed by atoms with E-state index in [4.69, 9.17) is 25.8 Å². The lowest BCUT2D eigenvalue weighted by Gasteiger charge is -2.31. The molecule has 1 fully saturated rings. The third-order valence-corrected chi connectivity index (χ3v) is 5.96. The van der Waals surface area contributed by atoms with Crippen LogP contribution in [0.2, 0.25) is 5.02 Å². The summed E-state index contributed by atoms with van der Waals surface area (Å²) in [5, 5.41) is 3.40. The average Bonchev–Trinajstić information content (AvgIpc) is 2.80. The molecule has 1 aliphatic heterocycles. The molecule has 2 aromatic carbocycles. The lowest BCUT2D eigenvalue weighted by molar-refractivity contribution is -0.127. The van der Waals surface area contributed by atoms with E-state index in [1.807, 2.05) is 43.3 Å². The molecule has 32 heavy (non-hydrogen) atoms. The summed E-state index contributed by atoms with van der Waals surface area (Å²) in [6, 6.07) is 13.8. The number of carbonyl (C=O) groups is 1. The molecule has 1 aliphatic rings. The number of hydrogen-bond acceptors (Lipinski definition) is 5. The fourth-order valence-electron chi connectivity index (χ4n) is 3.64. The van der Waals surface area contributed by atoms with Gasteiger partial charge in [-0.25, -0.2) is 0 Å². The van der Waals surface area contributed by atoms with Crippen molar-refractivity contribution in [2.75, 3.05) is 33.4 Å². The van der Waals surface area contributed by atoms with Gasteiger partial charge in [0.05, 0.1) is 5.02 Å². The second kappa shape index (κ2) is 12.1. The number of rotatable bonds is 10. The van der Waals surface area contributed by atoms with Gasteiger partial charge in [0.25, 0.3) is 5.91 Å². The number of aryl methyl sites for hydroxylation is 1. The maximum Gasteiger partial charge on any atom is 0.261 e. The Balaban J connectivity index is 1.43. The number of nitrogens with zero attached hydrogens (tertiary/aromatic N) is 1. The average molecular weight is 461 g/mol. The molecule has 1 heterocycles. The molecular formula is C25H33ClN2O4. The zero-order chi connectivity index (χ0) is 22.9. The van der Waals surface area contributed by atoms with Crippen molar-refractivity contribution in [3.63, 3.8) is 0 Å². The molecule has 0 spiro atoms. The first-order valence-corrected chi connectivity index (χ1v) is 11.5. The minimum atomic E-state index is -0.658. The Morgan fingerprint density at radius 1 is 1.25 bits per heavy atom. The third-order valence-electron chi connectivity index (χ3n) is 5.65. The van der Waals surface area contributed by atoms with E-state index < -0.39 is 6.10 Å². The maximum absolute atomic E-state index is 12.5. The van der Waals surface area contributed by atoms with Crippen LogP contribution in [-0.2, 0) is 16.1 Å². The molecule has 174 valence electrons. The van der Waals surface area contributed by atoms with Crippen molar-refractivity contribution in [2.24, 2.45) is 0 Å². The van der Waals surface area contributed by atoms with Crippen LogP contribution in [0.15, 0.2) is 42.5 Å². The topological polar surface area (TPSA) is 60.0 Å². The van der Waals surface area contributed by atoms with E-state index in [1.54, 1.807) is 13.0 Å². The highest BCUT2D eigenvalue weighted by molar-refractivity contribution is 6.32.